The van der Waals surface area contributed by atoms with Crippen molar-refractivity contribution in [1.82, 2.24) is 4.98 Å². The van der Waals surface area contributed by atoms with Gasteiger partial charge in [0.15, 0.2) is 0 Å². The number of hydrogen-bond donors (Lipinski definition) is 1. The molecular formula is C15H18N2O2. The Kier molecular flexibility index (Phi) is 3.69. The first-order valence-electron chi connectivity index (χ1n) is 6.46. The lowest BCUT2D eigenvalue weighted by molar-refractivity contribution is 0.0697. The maximum Gasteiger partial charge on any atom is 0.339 e. The zero-order valence-electron chi connectivity index (χ0n) is 11.5. The second kappa shape index (κ2) is 5.26. The van der Waals surface area contributed by atoms with Crippen molar-refractivity contribution in [2.24, 2.45) is 0 Å². The summed E-state index contributed by atoms with van der Waals surface area (Å²) >= 11 is 0. The third-order valence-electron chi connectivity index (χ3n) is 3.24. The zero-order valence-corrected chi connectivity index (χ0v) is 11.5. The monoisotopic (exact) mass is 258 g/mol. The second-order valence-electron chi connectivity index (χ2n) is 4.53. The van der Waals surface area contributed by atoms with E-state index in [1.54, 1.807) is 6.07 Å². The molecule has 1 N–H and O–H groups in total. The van der Waals surface area contributed by atoms with Crippen LogP contribution in [0.2, 0.25) is 0 Å². The van der Waals surface area contributed by atoms with Crippen LogP contribution in [0, 0.1) is 6.92 Å². The van der Waals surface area contributed by atoms with E-state index in [-0.39, 0.29) is 5.56 Å². The van der Waals surface area contributed by atoms with Gasteiger partial charge in [0.05, 0.1) is 5.52 Å². The molecule has 2 aromatic rings. The number of carboxylic acids is 1. The molecule has 0 unspecified atom stereocenters. The number of nitrogens with zero attached hydrogens (tertiary/aromatic N) is 2. The molecule has 0 aliphatic carbocycles. The number of benzene rings is 1. The summed E-state index contributed by atoms with van der Waals surface area (Å²) in [5, 5.41) is 10.2. The number of carboxylic acid groups (broad SMARTS) is 1. The highest BCUT2D eigenvalue weighted by Gasteiger charge is 2.17. The molecule has 1 aromatic carbocycles. The molecule has 2 rings (SSSR count). The van der Waals surface area contributed by atoms with Crippen molar-refractivity contribution in [2.75, 3.05) is 18.0 Å². The summed E-state index contributed by atoms with van der Waals surface area (Å²) in [6.07, 6.45) is 0. The molecule has 0 saturated carbocycles. The van der Waals surface area contributed by atoms with Gasteiger partial charge in [0.1, 0.15) is 11.4 Å². The van der Waals surface area contributed by atoms with Crippen molar-refractivity contribution in [3.63, 3.8) is 0 Å². The SMILES string of the molecule is CCN(CC)c1nc2ccc(C)cc2cc1C(=O)O. The summed E-state index contributed by atoms with van der Waals surface area (Å²) in [6, 6.07) is 7.59. The minimum atomic E-state index is -0.933. The van der Waals surface area contributed by atoms with Crippen LogP contribution in [0.3, 0.4) is 0 Å². The molecule has 0 aliphatic heterocycles. The fourth-order valence-electron chi connectivity index (χ4n) is 2.21. The van der Waals surface area contributed by atoms with E-state index in [1.807, 2.05) is 43.9 Å². The first-order valence-corrected chi connectivity index (χ1v) is 6.46. The van der Waals surface area contributed by atoms with Crippen LogP contribution in [-0.4, -0.2) is 29.1 Å². The Labute approximate surface area is 112 Å². The van der Waals surface area contributed by atoms with Crippen LogP contribution in [0.5, 0.6) is 0 Å². The molecule has 0 bridgehead atoms. The van der Waals surface area contributed by atoms with E-state index >= 15 is 0 Å². The molecule has 0 radical (unpaired) electrons. The standard InChI is InChI=1S/C15H18N2O2/c1-4-17(5-2)14-12(15(18)19)9-11-8-10(3)6-7-13(11)16-14/h6-9H,4-5H2,1-3H3,(H,18,19). The predicted octanol–water partition coefficient (Wildman–Crippen LogP) is 3.09. The Morgan fingerprint density at radius 1 is 1.26 bits per heavy atom. The quantitative estimate of drug-likeness (QED) is 0.915. The minimum Gasteiger partial charge on any atom is -0.478 e. The van der Waals surface area contributed by atoms with Crippen molar-refractivity contribution in [3.8, 4) is 0 Å². The van der Waals surface area contributed by atoms with Gasteiger partial charge in [0.2, 0.25) is 0 Å². The van der Waals surface area contributed by atoms with Crippen LogP contribution in [0.4, 0.5) is 5.82 Å². The van der Waals surface area contributed by atoms with Gasteiger partial charge in [-0.3, -0.25) is 0 Å². The lowest BCUT2D eigenvalue weighted by Crippen LogP contribution is -2.25. The number of fused-ring (bicyclic) bond motifs is 1. The molecule has 0 aliphatic rings. The van der Waals surface area contributed by atoms with Gasteiger partial charge in [-0.15, -0.1) is 0 Å². The van der Waals surface area contributed by atoms with Crippen molar-refractivity contribution < 1.29 is 9.90 Å². The van der Waals surface area contributed by atoms with Gasteiger partial charge < -0.3 is 10.0 Å². The number of hydrogen-bond acceptors (Lipinski definition) is 3. The highest BCUT2D eigenvalue weighted by atomic mass is 16.4. The van der Waals surface area contributed by atoms with Crippen molar-refractivity contribution in [3.05, 3.63) is 35.4 Å². The summed E-state index contributed by atoms with van der Waals surface area (Å²) in [4.78, 5) is 17.9. The average Bonchev–Trinajstić information content (AvgIpc) is 2.39. The van der Waals surface area contributed by atoms with Crippen LogP contribution in [0.25, 0.3) is 10.9 Å². The molecule has 4 nitrogen and oxygen atoms in total. The normalized spacial score (nSPS) is 10.7. The van der Waals surface area contributed by atoms with E-state index in [4.69, 9.17) is 0 Å². The molecule has 4 heteroatoms. The van der Waals surface area contributed by atoms with Gasteiger partial charge >= 0.3 is 5.97 Å². The third-order valence-corrected chi connectivity index (χ3v) is 3.24. The smallest absolute Gasteiger partial charge is 0.339 e. The Morgan fingerprint density at radius 2 is 1.95 bits per heavy atom. The number of anilines is 1. The summed E-state index contributed by atoms with van der Waals surface area (Å²) in [6.45, 7) is 7.45. The molecule has 0 saturated heterocycles. The molecule has 0 amide bonds. The first-order chi connectivity index (χ1) is 9.06. The van der Waals surface area contributed by atoms with Crippen LogP contribution >= 0.6 is 0 Å². The largest absolute Gasteiger partial charge is 0.478 e. The number of rotatable bonds is 4. The van der Waals surface area contributed by atoms with E-state index in [9.17, 15) is 9.90 Å². The van der Waals surface area contributed by atoms with E-state index in [2.05, 4.69) is 4.98 Å². The highest BCUT2D eigenvalue weighted by molar-refractivity contribution is 5.98. The fourth-order valence-corrected chi connectivity index (χ4v) is 2.21. The van der Waals surface area contributed by atoms with Crippen molar-refractivity contribution >= 4 is 22.7 Å². The van der Waals surface area contributed by atoms with Gasteiger partial charge in [0.25, 0.3) is 0 Å². The van der Waals surface area contributed by atoms with Gasteiger partial charge in [-0.25, -0.2) is 9.78 Å². The first kappa shape index (κ1) is 13.3. The molecular weight excluding hydrogens is 240 g/mol. The molecule has 0 atom stereocenters. The second-order valence-corrected chi connectivity index (χ2v) is 4.53. The number of carbonyl (C=O) groups is 1. The van der Waals surface area contributed by atoms with Gasteiger partial charge in [-0.05, 0) is 39.0 Å². The fraction of sp³-hybridized carbons (Fsp3) is 0.333. The number of aryl methyl sites for hydroxylation is 1. The van der Waals surface area contributed by atoms with E-state index in [0.29, 0.717) is 5.82 Å². The van der Waals surface area contributed by atoms with E-state index in [0.717, 1.165) is 29.6 Å². The Morgan fingerprint density at radius 3 is 2.53 bits per heavy atom. The topological polar surface area (TPSA) is 53.4 Å². The lowest BCUT2D eigenvalue weighted by atomic mass is 10.1. The maximum atomic E-state index is 11.4. The molecule has 0 spiro atoms. The number of aromatic carboxylic acids is 1. The van der Waals surface area contributed by atoms with Gasteiger partial charge in [-0.1, -0.05) is 11.6 Å². The molecule has 0 fully saturated rings. The predicted molar refractivity (Wildman–Crippen MR) is 77.0 cm³/mol. The highest BCUT2D eigenvalue weighted by Crippen LogP contribution is 2.24. The van der Waals surface area contributed by atoms with Crippen LogP contribution in [-0.2, 0) is 0 Å². The molecule has 19 heavy (non-hydrogen) atoms. The molecule has 100 valence electrons. The summed E-state index contributed by atoms with van der Waals surface area (Å²) in [5.74, 6) is -0.383. The number of pyridine rings is 1. The van der Waals surface area contributed by atoms with Crippen LogP contribution in [0.15, 0.2) is 24.3 Å². The molecule has 1 heterocycles. The van der Waals surface area contributed by atoms with Gasteiger partial charge in [0, 0.05) is 18.5 Å². The summed E-state index contributed by atoms with van der Waals surface area (Å²) in [7, 11) is 0. The van der Waals surface area contributed by atoms with Crippen molar-refractivity contribution in [2.45, 2.75) is 20.8 Å². The maximum absolute atomic E-state index is 11.4. The van der Waals surface area contributed by atoms with Crippen LogP contribution in [0.1, 0.15) is 29.8 Å². The van der Waals surface area contributed by atoms with E-state index < -0.39 is 5.97 Å². The van der Waals surface area contributed by atoms with E-state index in [1.165, 1.54) is 0 Å². The zero-order chi connectivity index (χ0) is 14.0. The summed E-state index contributed by atoms with van der Waals surface area (Å²) in [5.41, 5.74) is 2.19. The Hall–Kier alpha value is -2.10. The summed E-state index contributed by atoms with van der Waals surface area (Å²) < 4.78 is 0. The third kappa shape index (κ3) is 2.52. The Balaban J connectivity index is 2.70. The van der Waals surface area contributed by atoms with Crippen LogP contribution < -0.4 is 4.90 Å². The number of aromatic nitrogens is 1. The molecule has 1 aromatic heterocycles. The van der Waals surface area contributed by atoms with Gasteiger partial charge in [-0.2, -0.15) is 0 Å². The minimum absolute atomic E-state index is 0.266. The average molecular weight is 258 g/mol. The lowest BCUT2D eigenvalue weighted by Gasteiger charge is -2.22. The Bertz CT molecular complexity index is 619. The van der Waals surface area contributed by atoms with Crippen molar-refractivity contribution in [1.29, 1.82) is 0 Å².